The van der Waals surface area contributed by atoms with Gasteiger partial charge in [-0.15, -0.1) is 24.0 Å². The summed E-state index contributed by atoms with van der Waals surface area (Å²) >= 11 is 0. The van der Waals surface area contributed by atoms with E-state index >= 15 is 0 Å². The predicted molar refractivity (Wildman–Crippen MR) is 117 cm³/mol. The first-order valence-electron chi connectivity index (χ1n) is 9.48. The van der Waals surface area contributed by atoms with Crippen molar-refractivity contribution < 1.29 is 13.9 Å². The first-order chi connectivity index (χ1) is 12.6. The first-order valence-corrected chi connectivity index (χ1v) is 9.48. The molecule has 7 heteroatoms. The highest BCUT2D eigenvalue weighted by molar-refractivity contribution is 14.0. The van der Waals surface area contributed by atoms with Crippen LogP contribution in [0.4, 0.5) is 4.39 Å². The second-order valence-corrected chi connectivity index (χ2v) is 7.58. The molecule has 1 unspecified atom stereocenters. The van der Waals surface area contributed by atoms with Crippen LogP contribution in [0.5, 0.6) is 0 Å². The van der Waals surface area contributed by atoms with Crippen LogP contribution in [0.15, 0.2) is 29.3 Å². The average molecular weight is 491 g/mol. The maximum atomic E-state index is 13.8. The van der Waals surface area contributed by atoms with E-state index in [2.05, 4.69) is 22.5 Å². The van der Waals surface area contributed by atoms with Crippen molar-refractivity contribution in [3.63, 3.8) is 0 Å². The summed E-state index contributed by atoms with van der Waals surface area (Å²) in [4.78, 5) is 4.34. The van der Waals surface area contributed by atoms with Crippen molar-refractivity contribution in [1.29, 1.82) is 0 Å². The number of rotatable bonds is 5. The molecule has 0 bridgehead atoms. The monoisotopic (exact) mass is 491 g/mol. The molecule has 2 N–H and O–H groups in total. The Morgan fingerprint density at radius 1 is 1.15 bits per heavy atom. The molecule has 0 saturated carbocycles. The minimum absolute atomic E-state index is 0. The third kappa shape index (κ3) is 5.77. The summed E-state index contributed by atoms with van der Waals surface area (Å²) in [5.74, 6) is 0.561. The number of benzene rings is 1. The van der Waals surface area contributed by atoms with E-state index in [9.17, 15) is 4.39 Å². The number of hydrogen-bond acceptors (Lipinski definition) is 3. The van der Waals surface area contributed by atoms with Crippen molar-refractivity contribution in [3.8, 4) is 0 Å². The Bertz CT molecular complexity index is 629. The Labute approximate surface area is 178 Å². The quantitative estimate of drug-likeness (QED) is 0.378. The van der Waals surface area contributed by atoms with Crippen molar-refractivity contribution in [2.45, 2.75) is 43.6 Å². The van der Waals surface area contributed by atoms with Gasteiger partial charge in [0.05, 0.1) is 5.60 Å². The maximum Gasteiger partial charge on any atom is 0.191 e. The van der Waals surface area contributed by atoms with Gasteiger partial charge in [-0.1, -0.05) is 12.1 Å². The third-order valence-electron chi connectivity index (χ3n) is 5.63. The Kier molecular flexibility index (Phi) is 8.30. The van der Waals surface area contributed by atoms with E-state index in [0.717, 1.165) is 50.4 Å². The van der Waals surface area contributed by atoms with Gasteiger partial charge in [0.2, 0.25) is 0 Å². The number of nitrogens with one attached hydrogen (secondary N) is 2. The second-order valence-electron chi connectivity index (χ2n) is 7.58. The molecule has 2 aliphatic heterocycles. The maximum absolute atomic E-state index is 13.8. The molecule has 0 aromatic heterocycles. The van der Waals surface area contributed by atoms with E-state index in [1.165, 1.54) is 6.07 Å². The van der Waals surface area contributed by atoms with Crippen LogP contribution in [0, 0.1) is 5.82 Å². The van der Waals surface area contributed by atoms with Crippen molar-refractivity contribution in [1.82, 2.24) is 10.6 Å². The summed E-state index contributed by atoms with van der Waals surface area (Å²) in [5.41, 5.74) is 0.747. The molecule has 2 heterocycles. The lowest BCUT2D eigenvalue weighted by Crippen LogP contribution is -2.50. The van der Waals surface area contributed by atoms with Crippen molar-refractivity contribution >= 4 is 29.9 Å². The molecule has 1 aromatic carbocycles. The zero-order valence-corrected chi connectivity index (χ0v) is 18.6. The lowest BCUT2D eigenvalue weighted by Gasteiger charge is -2.38. The van der Waals surface area contributed by atoms with E-state index in [4.69, 9.17) is 9.47 Å². The average Bonchev–Trinajstić information content (AvgIpc) is 3.09. The largest absolute Gasteiger partial charge is 0.381 e. The number of halogens is 2. The molecule has 5 nitrogen and oxygen atoms in total. The molecule has 152 valence electrons. The topological polar surface area (TPSA) is 54.9 Å². The minimum Gasteiger partial charge on any atom is -0.381 e. The molecule has 2 saturated heterocycles. The molecule has 0 spiro atoms. The standard InChI is InChI=1S/C20H30FN3O2.HI/c1-19(7-4-10-26-19)14-23-18(22-2)24-15-20(8-11-25-12-9-20)16-5-3-6-17(21)13-16;/h3,5-6,13H,4,7-12,14-15H2,1-2H3,(H2,22,23,24);1H. The summed E-state index contributed by atoms with van der Waals surface area (Å²) < 4.78 is 25.2. The summed E-state index contributed by atoms with van der Waals surface area (Å²) in [6.07, 6.45) is 3.89. The molecule has 27 heavy (non-hydrogen) atoms. The number of aliphatic imine (C=N–C) groups is 1. The van der Waals surface area contributed by atoms with Gasteiger partial charge in [-0.25, -0.2) is 4.39 Å². The van der Waals surface area contributed by atoms with Crippen molar-refractivity contribution in [2.24, 2.45) is 4.99 Å². The molecular weight excluding hydrogens is 460 g/mol. The smallest absolute Gasteiger partial charge is 0.191 e. The molecular formula is C20H31FIN3O2. The molecule has 0 radical (unpaired) electrons. The van der Waals surface area contributed by atoms with E-state index in [-0.39, 0.29) is 40.8 Å². The van der Waals surface area contributed by atoms with Gasteiger partial charge < -0.3 is 20.1 Å². The molecule has 0 amide bonds. The van der Waals surface area contributed by atoms with Gasteiger partial charge in [0.15, 0.2) is 5.96 Å². The predicted octanol–water partition coefficient (Wildman–Crippen LogP) is 3.23. The van der Waals surface area contributed by atoms with Crippen molar-refractivity contribution in [2.75, 3.05) is 40.0 Å². The van der Waals surface area contributed by atoms with Crippen LogP contribution >= 0.6 is 24.0 Å². The zero-order chi connectivity index (χ0) is 18.5. The van der Waals surface area contributed by atoms with Gasteiger partial charge in [-0.05, 0) is 50.3 Å². The highest BCUT2D eigenvalue weighted by atomic mass is 127. The minimum atomic E-state index is -0.192. The fourth-order valence-corrected chi connectivity index (χ4v) is 3.87. The van der Waals surface area contributed by atoms with Gasteiger partial charge in [-0.3, -0.25) is 4.99 Å². The lowest BCUT2D eigenvalue weighted by molar-refractivity contribution is 0.0242. The molecule has 3 rings (SSSR count). The SMILES string of the molecule is CN=C(NCC1(C)CCCO1)NCC1(c2cccc(F)c2)CCOCC1.I. The Morgan fingerprint density at radius 3 is 2.52 bits per heavy atom. The number of ether oxygens (including phenoxy) is 2. The van der Waals surface area contributed by atoms with Crippen molar-refractivity contribution in [3.05, 3.63) is 35.6 Å². The molecule has 2 aliphatic rings. The van der Waals surface area contributed by atoms with Crippen LogP contribution in [-0.2, 0) is 14.9 Å². The summed E-state index contributed by atoms with van der Waals surface area (Å²) in [6.45, 7) is 5.76. The van der Waals surface area contributed by atoms with E-state index in [1.54, 1.807) is 19.2 Å². The summed E-state index contributed by atoms with van der Waals surface area (Å²) in [5, 5.41) is 6.82. The van der Waals surface area contributed by atoms with Crippen LogP contribution in [0.3, 0.4) is 0 Å². The number of hydrogen-bond donors (Lipinski definition) is 2. The fraction of sp³-hybridized carbons (Fsp3) is 0.650. The van der Waals surface area contributed by atoms with E-state index in [1.807, 2.05) is 6.07 Å². The molecule has 1 atom stereocenters. The summed E-state index contributed by atoms with van der Waals surface area (Å²) in [7, 11) is 1.77. The number of guanidine groups is 1. The van der Waals surface area contributed by atoms with Crippen LogP contribution in [0.25, 0.3) is 0 Å². The fourth-order valence-electron chi connectivity index (χ4n) is 3.87. The van der Waals surface area contributed by atoms with Gasteiger partial charge in [-0.2, -0.15) is 0 Å². The normalized spacial score (nSPS) is 24.9. The van der Waals surface area contributed by atoms with Gasteiger partial charge in [0, 0.05) is 45.4 Å². The van der Waals surface area contributed by atoms with E-state index < -0.39 is 0 Å². The second kappa shape index (κ2) is 10.0. The highest BCUT2D eigenvalue weighted by Gasteiger charge is 2.35. The van der Waals surface area contributed by atoms with Crippen LogP contribution < -0.4 is 10.6 Å². The third-order valence-corrected chi connectivity index (χ3v) is 5.63. The Morgan fingerprint density at radius 2 is 1.89 bits per heavy atom. The van der Waals surface area contributed by atoms with Gasteiger partial charge >= 0.3 is 0 Å². The number of nitrogens with zero attached hydrogens (tertiary/aromatic N) is 1. The van der Waals surface area contributed by atoms with Crippen LogP contribution in [0.2, 0.25) is 0 Å². The molecule has 2 fully saturated rings. The molecule has 1 aromatic rings. The van der Waals surface area contributed by atoms with Gasteiger partial charge in [0.1, 0.15) is 5.82 Å². The lowest BCUT2D eigenvalue weighted by atomic mass is 9.74. The summed E-state index contributed by atoms with van der Waals surface area (Å²) in [6, 6.07) is 6.94. The van der Waals surface area contributed by atoms with Crippen LogP contribution in [0.1, 0.15) is 38.2 Å². The highest BCUT2D eigenvalue weighted by Crippen LogP contribution is 2.34. The Balaban J connectivity index is 0.00000261. The zero-order valence-electron chi connectivity index (χ0n) is 16.2. The van der Waals surface area contributed by atoms with E-state index in [0.29, 0.717) is 19.8 Å². The first kappa shape index (κ1) is 22.4. The Hall–Kier alpha value is -0.930. The molecule has 0 aliphatic carbocycles. The van der Waals surface area contributed by atoms with Gasteiger partial charge in [0.25, 0.3) is 0 Å². The van der Waals surface area contributed by atoms with Crippen LogP contribution in [-0.4, -0.2) is 51.5 Å².